The first-order valence-corrected chi connectivity index (χ1v) is 5.69. The lowest BCUT2D eigenvalue weighted by atomic mass is 10.1. The van der Waals surface area contributed by atoms with Gasteiger partial charge in [-0.2, -0.15) is 0 Å². The third-order valence-corrected chi connectivity index (χ3v) is 2.59. The third-order valence-electron chi connectivity index (χ3n) is 2.59. The highest BCUT2D eigenvalue weighted by atomic mass is 19.1. The molecule has 98 valence electrons. The summed E-state index contributed by atoms with van der Waals surface area (Å²) in [6, 6.07) is 3.88. The predicted molar refractivity (Wildman–Crippen MR) is 64.9 cm³/mol. The minimum Gasteiger partial charge on any atom is -0.481 e. The van der Waals surface area contributed by atoms with Crippen LogP contribution in [0, 0.1) is 12.7 Å². The van der Waals surface area contributed by atoms with Gasteiger partial charge < -0.3 is 10.4 Å². The lowest BCUT2D eigenvalue weighted by molar-refractivity contribution is -0.137. The van der Waals surface area contributed by atoms with Crippen LogP contribution in [0.3, 0.4) is 0 Å². The van der Waals surface area contributed by atoms with Crippen LogP contribution in [0.15, 0.2) is 18.2 Å². The fraction of sp³-hybridized carbons (Fsp3) is 0.385. The molecule has 18 heavy (non-hydrogen) atoms. The van der Waals surface area contributed by atoms with Crippen LogP contribution < -0.4 is 5.32 Å². The molecule has 0 aromatic heterocycles. The molecule has 4 nitrogen and oxygen atoms in total. The Kier molecular flexibility index (Phi) is 4.83. The minimum absolute atomic E-state index is 0.00386. The summed E-state index contributed by atoms with van der Waals surface area (Å²) < 4.78 is 13.0. The van der Waals surface area contributed by atoms with E-state index in [1.165, 1.54) is 18.2 Å². The number of carbonyl (C=O) groups is 2. The zero-order chi connectivity index (χ0) is 13.7. The molecule has 2 N–H and O–H groups in total. The van der Waals surface area contributed by atoms with Crippen molar-refractivity contribution in [2.45, 2.75) is 32.7 Å². The van der Waals surface area contributed by atoms with E-state index in [1.54, 1.807) is 13.8 Å². The predicted octanol–water partition coefficient (Wildman–Crippen LogP) is 2.12. The fourth-order valence-electron chi connectivity index (χ4n) is 1.51. The Morgan fingerprint density at radius 1 is 1.44 bits per heavy atom. The molecular weight excluding hydrogens is 237 g/mol. The molecule has 1 rings (SSSR count). The van der Waals surface area contributed by atoms with E-state index < -0.39 is 5.97 Å². The number of hydrogen-bond donors (Lipinski definition) is 2. The van der Waals surface area contributed by atoms with E-state index in [9.17, 15) is 14.0 Å². The molecule has 0 fully saturated rings. The van der Waals surface area contributed by atoms with E-state index in [2.05, 4.69) is 5.32 Å². The van der Waals surface area contributed by atoms with Crippen molar-refractivity contribution in [2.75, 3.05) is 0 Å². The van der Waals surface area contributed by atoms with Crippen molar-refractivity contribution in [3.63, 3.8) is 0 Å². The normalized spacial score (nSPS) is 11.9. The Labute approximate surface area is 105 Å². The number of aryl methyl sites for hydroxylation is 1. The van der Waals surface area contributed by atoms with E-state index in [1.807, 2.05) is 0 Å². The Bertz CT molecular complexity index is 460. The number of halogens is 1. The average Bonchev–Trinajstić information content (AvgIpc) is 2.30. The van der Waals surface area contributed by atoms with Gasteiger partial charge in [-0.25, -0.2) is 4.39 Å². The highest BCUT2D eigenvalue weighted by Crippen LogP contribution is 2.09. The quantitative estimate of drug-likeness (QED) is 0.844. The largest absolute Gasteiger partial charge is 0.481 e. The molecule has 1 amide bonds. The Hall–Kier alpha value is -1.91. The number of carboxylic acid groups (broad SMARTS) is 1. The van der Waals surface area contributed by atoms with Gasteiger partial charge in [0.15, 0.2) is 0 Å². The average molecular weight is 253 g/mol. The topological polar surface area (TPSA) is 66.4 Å². The standard InChI is InChI=1S/C13H16FNO3/c1-8-7-10(4-5-11(8)14)13(18)15-9(2)3-6-12(16)17/h4-5,7,9H,3,6H2,1-2H3,(H,15,18)(H,16,17)/t9-/m0/s1. The molecule has 0 spiro atoms. The molecule has 1 aromatic carbocycles. The minimum atomic E-state index is -0.895. The summed E-state index contributed by atoms with van der Waals surface area (Å²) in [4.78, 5) is 22.2. The van der Waals surface area contributed by atoms with Gasteiger partial charge in [0.2, 0.25) is 0 Å². The second-order valence-corrected chi connectivity index (χ2v) is 4.27. The number of nitrogens with one attached hydrogen (secondary N) is 1. The van der Waals surface area contributed by atoms with Crippen LogP contribution in [0.2, 0.25) is 0 Å². The van der Waals surface area contributed by atoms with E-state index in [-0.39, 0.29) is 24.2 Å². The molecule has 0 heterocycles. The van der Waals surface area contributed by atoms with Crippen LogP contribution in [-0.2, 0) is 4.79 Å². The lowest BCUT2D eigenvalue weighted by Gasteiger charge is -2.13. The van der Waals surface area contributed by atoms with Crippen LogP contribution in [0.4, 0.5) is 4.39 Å². The monoisotopic (exact) mass is 253 g/mol. The summed E-state index contributed by atoms with van der Waals surface area (Å²) >= 11 is 0. The number of carboxylic acids is 1. The highest BCUT2D eigenvalue weighted by Gasteiger charge is 2.12. The molecule has 0 radical (unpaired) electrons. The Morgan fingerprint density at radius 2 is 2.11 bits per heavy atom. The van der Waals surface area contributed by atoms with Gasteiger partial charge in [0.1, 0.15) is 5.82 Å². The first-order valence-electron chi connectivity index (χ1n) is 5.69. The number of rotatable bonds is 5. The number of carbonyl (C=O) groups excluding carboxylic acids is 1. The SMILES string of the molecule is Cc1cc(C(=O)N[C@@H](C)CCC(=O)O)ccc1F. The van der Waals surface area contributed by atoms with Crippen LogP contribution in [-0.4, -0.2) is 23.0 Å². The first-order chi connectivity index (χ1) is 8.40. The molecule has 1 aromatic rings. The second kappa shape index (κ2) is 6.14. The number of aliphatic carboxylic acids is 1. The highest BCUT2D eigenvalue weighted by molar-refractivity contribution is 5.94. The van der Waals surface area contributed by atoms with Crippen molar-refractivity contribution in [3.05, 3.63) is 35.1 Å². The Balaban J connectivity index is 2.59. The number of amides is 1. The van der Waals surface area contributed by atoms with Crippen LogP contribution in [0.1, 0.15) is 35.7 Å². The Morgan fingerprint density at radius 3 is 2.67 bits per heavy atom. The summed E-state index contributed by atoms with van der Waals surface area (Å²) in [7, 11) is 0. The number of benzene rings is 1. The number of hydrogen-bond acceptors (Lipinski definition) is 2. The van der Waals surface area contributed by atoms with E-state index in [0.717, 1.165) is 0 Å². The summed E-state index contributed by atoms with van der Waals surface area (Å²) in [6.45, 7) is 3.32. The van der Waals surface area contributed by atoms with Crippen LogP contribution >= 0.6 is 0 Å². The molecule has 0 aliphatic carbocycles. The maximum Gasteiger partial charge on any atom is 0.303 e. The molecule has 0 saturated carbocycles. The van der Waals surface area contributed by atoms with Crippen LogP contribution in [0.25, 0.3) is 0 Å². The van der Waals surface area contributed by atoms with Crippen molar-refractivity contribution in [3.8, 4) is 0 Å². The molecular formula is C13H16FNO3. The molecule has 5 heteroatoms. The van der Waals surface area contributed by atoms with Gasteiger partial charge in [0, 0.05) is 18.0 Å². The van der Waals surface area contributed by atoms with Crippen molar-refractivity contribution in [2.24, 2.45) is 0 Å². The van der Waals surface area contributed by atoms with Crippen LogP contribution in [0.5, 0.6) is 0 Å². The zero-order valence-electron chi connectivity index (χ0n) is 10.4. The molecule has 1 atom stereocenters. The van der Waals surface area contributed by atoms with Gasteiger partial charge in [-0.05, 0) is 44.0 Å². The van der Waals surface area contributed by atoms with Crippen molar-refractivity contribution >= 4 is 11.9 Å². The van der Waals surface area contributed by atoms with Crippen molar-refractivity contribution in [1.82, 2.24) is 5.32 Å². The molecule has 0 bridgehead atoms. The van der Waals surface area contributed by atoms with Gasteiger partial charge >= 0.3 is 5.97 Å². The first kappa shape index (κ1) is 14.2. The van der Waals surface area contributed by atoms with Crippen molar-refractivity contribution in [1.29, 1.82) is 0 Å². The zero-order valence-corrected chi connectivity index (χ0v) is 10.4. The van der Waals surface area contributed by atoms with Gasteiger partial charge in [0.25, 0.3) is 5.91 Å². The summed E-state index contributed by atoms with van der Waals surface area (Å²) in [5, 5.41) is 11.2. The van der Waals surface area contributed by atoms with Crippen molar-refractivity contribution < 1.29 is 19.1 Å². The lowest BCUT2D eigenvalue weighted by Crippen LogP contribution is -2.33. The van der Waals surface area contributed by atoms with Gasteiger partial charge in [-0.1, -0.05) is 0 Å². The summed E-state index contributed by atoms with van der Waals surface area (Å²) in [5.41, 5.74) is 0.775. The summed E-state index contributed by atoms with van der Waals surface area (Å²) in [5.74, 6) is -1.57. The molecule has 0 saturated heterocycles. The van der Waals surface area contributed by atoms with Gasteiger partial charge in [-0.15, -0.1) is 0 Å². The van der Waals surface area contributed by atoms with E-state index in [4.69, 9.17) is 5.11 Å². The van der Waals surface area contributed by atoms with Gasteiger partial charge in [0.05, 0.1) is 0 Å². The second-order valence-electron chi connectivity index (χ2n) is 4.27. The van der Waals surface area contributed by atoms with E-state index >= 15 is 0 Å². The maximum atomic E-state index is 13.0. The summed E-state index contributed by atoms with van der Waals surface area (Å²) in [6.07, 6.45) is 0.366. The molecule has 0 aliphatic heterocycles. The maximum absolute atomic E-state index is 13.0. The molecule has 0 unspecified atom stereocenters. The fourth-order valence-corrected chi connectivity index (χ4v) is 1.51. The smallest absolute Gasteiger partial charge is 0.303 e. The van der Waals surface area contributed by atoms with Gasteiger partial charge in [-0.3, -0.25) is 9.59 Å². The van der Waals surface area contributed by atoms with E-state index in [0.29, 0.717) is 17.5 Å². The molecule has 0 aliphatic rings. The third kappa shape index (κ3) is 4.16.